The number of carbonyl (C=O) groups excluding carboxylic acids is 6. The molecule has 0 unspecified atom stereocenters. The van der Waals surface area contributed by atoms with Gasteiger partial charge in [-0.05, 0) is 0 Å². The molecule has 1 heterocycles. The van der Waals surface area contributed by atoms with Gasteiger partial charge in [0.15, 0.2) is 24.5 Å². The number of hydrogen-bond donors (Lipinski definition) is 2. The number of hydrogen-bond acceptors (Lipinski definition) is 11. The number of carbonyl (C=O) groups is 6. The second kappa shape index (κ2) is 11.7. The van der Waals surface area contributed by atoms with Gasteiger partial charge >= 0.3 is 17.9 Å². The lowest BCUT2D eigenvalue weighted by molar-refractivity contribution is -0.248. The van der Waals surface area contributed by atoms with Crippen molar-refractivity contribution >= 4 is 41.6 Å². The maximum atomic E-state index is 12.3. The van der Waals surface area contributed by atoms with Gasteiger partial charge in [0.25, 0.3) is 0 Å². The van der Waals surface area contributed by atoms with E-state index in [4.69, 9.17) is 18.9 Å². The molecule has 0 aliphatic carbocycles. The van der Waals surface area contributed by atoms with Crippen LogP contribution in [0.25, 0.3) is 0 Å². The van der Waals surface area contributed by atoms with Crippen molar-refractivity contribution < 1.29 is 47.7 Å². The fourth-order valence-corrected chi connectivity index (χ4v) is 2.76. The minimum Gasteiger partial charge on any atom is -0.456 e. The van der Waals surface area contributed by atoms with Crippen LogP contribution in [0.1, 0.15) is 41.5 Å². The molecule has 0 saturated carbocycles. The highest BCUT2D eigenvalue weighted by Gasteiger charge is 2.50. The number of rotatable bonds is 5. The maximum Gasteiger partial charge on any atom is 0.303 e. The molecule has 14 nitrogen and oxygen atoms in total. The normalized spacial score (nSPS) is 21.9. The van der Waals surface area contributed by atoms with Crippen LogP contribution in [0.15, 0.2) is 5.10 Å². The SMILES string of the molecule is CC(=O)NC(=NN(C(C)=O)[C@@H]1OC[C@H](OC(C)=O)[C@H](OC(C)=O)[C@H]1OC(C)=O)NC(C)=O. The number of guanidine groups is 1. The Hall–Kier alpha value is -3.55. The van der Waals surface area contributed by atoms with Gasteiger partial charge < -0.3 is 18.9 Å². The van der Waals surface area contributed by atoms with Gasteiger partial charge in [-0.2, -0.15) is 5.01 Å². The van der Waals surface area contributed by atoms with Crippen LogP contribution in [0.5, 0.6) is 0 Å². The number of nitrogens with zero attached hydrogens (tertiary/aromatic N) is 2. The molecule has 0 spiro atoms. The number of hydrazone groups is 1. The molecule has 2 N–H and O–H groups in total. The van der Waals surface area contributed by atoms with Gasteiger partial charge in [0, 0.05) is 41.5 Å². The van der Waals surface area contributed by atoms with Crippen molar-refractivity contribution in [2.24, 2.45) is 5.10 Å². The van der Waals surface area contributed by atoms with E-state index in [1.165, 1.54) is 0 Å². The summed E-state index contributed by atoms with van der Waals surface area (Å²) in [5, 5.41) is 9.07. The van der Waals surface area contributed by atoms with Crippen LogP contribution >= 0.6 is 0 Å². The second-order valence-corrected chi connectivity index (χ2v) is 6.69. The first-order chi connectivity index (χ1) is 14.8. The average molecular weight is 458 g/mol. The molecule has 3 amide bonds. The summed E-state index contributed by atoms with van der Waals surface area (Å²) in [6.07, 6.45) is -5.44. The Labute approximate surface area is 183 Å². The minimum atomic E-state index is -1.47. The van der Waals surface area contributed by atoms with Crippen molar-refractivity contribution in [3.63, 3.8) is 0 Å². The topological polar surface area (TPSA) is 179 Å². The largest absolute Gasteiger partial charge is 0.456 e. The summed E-state index contributed by atoms with van der Waals surface area (Å²) in [5.41, 5.74) is 0. The Morgan fingerprint density at radius 3 is 1.66 bits per heavy atom. The summed E-state index contributed by atoms with van der Waals surface area (Å²) in [4.78, 5) is 70.1. The highest BCUT2D eigenvalue weighted by atomic mass is 16.6. The quantitative estimate of drug-likeness (QED) is 0.162. The minimum absolute atomic E-state index is 0.352. The summed E-state index contributed by atoms with van der Waals surface area (Å²) in [7, 11) is 0. The molecular formula is C18H26N4O10. The Morgan fingerprint density at radius 1 is 0.781 bits per heavy atom. The summed E-state index contributed by atoms with van der Waals surface area (Å²) in [5.74, 6) is -4.66. The van der Waals surface area contributed by atoms with Gasteiger partial charge in [-0.25, -0.2) is 0 Å². The molecule has 178 valence electrons. The van der Waals surface area contributed by atoms with E-state index in [1.54, 1.807) is 0 Å². The number of esters is 3. The van der Waals surface area contributed by atoms with Gasteiger partial charge in [0.2, 0.25) is 23.7 Å². The molecule has 0 aromatic rings. The average Bonchev–Trinajstić information content (AvgIpc) is 2.60. The van der Waals surface area contributed by atoms with Crippen LogP contribution in [0.3, 0.4) is 0 Å². The molecule has 1 fully saturated rings. The van der Waals surface area contributed by atoms with E-state index in [-0.39, 0.29) is 6.61 Å². The standard InChI is InChI=1S/C18H26N4O10/c1-8(23)19-18(20-9(2)24)21-22(10(3)25)17-16(32-13(6)28)15(31-12(5)27)14(7-29-17)30-11(4)26/h14-17H,7H2,1-6H3,(H2,19,20,21,23,24)/t14-,15-,16+,17+/m0/s1. The Kier molecular flexibility index (Phi) is 9.71. The van der Waals surface area contributed by atoms with E-state index >= 15 is 0 Å². The Bertz CT molecular complexity index is 794. The molecule has 14 heteroatoms. The van der Waals surface area contributed by atoms with Gasteiger partial charge in [-0.15, -0.1) is 5.10 Å². The third kappa shape index (κ3) is 8.29. The van der Waals surface area contributed by atoms with Crippen molar-refractivity contribution in [3.8, 4) is 0 Å². The van der Waals surface area contributed by atoms with Gasteiger partial charge in [0.1, 0.15) is 0 Å². The molecule has 1 saturated heterocycles. The summed E-state index contributed by atoms with van der Waals surface area (Å²) < 4.78 is 21.1. The number of ether oxygens (including phenoxy) is 4. The molecule has 4 atom stereocenters. The van der Waals surface area contributed by atoms with E-state index in [0.717, 1.165) is 41.5 Å². The van der Waals surface area contributed by atoms with Crippen molar-refractivity contribution in [3.05, 3.63) is 0 Å². The first-order valence-electron chi connectivity index (χ1n) is 9.38. The third-order valence-corrected chi connectivity index (χ3v) is 3.68. The van der Waals surface area contributed by atoms with Crippen molar-refractivity contribution in [2.75, 3.05) is 6.61 Å². The molecule has 0 bridgehead atoms. The molecule has 0 aromatic heterocycles. The lowest BCUT2D eigenvalue weighted by atomic mass is 10.0. The zero-order chi connectivity index (χ0) is 24.6. The van der Waals surface area contributed by atoms with E-state index in [2.05, 4.69) is 15.7 Å². The highest BCUT2D eigenvalue weighted by molar-refractivity contribution is 6.03. The lowest BCUT2D eigenvalue weighted by Crippen LogP contribution is -2.62. The van der Waals surface area contributed by atoms with Crippen molar-refractivity contribution in [1.29, 1.82) is 0 Å². The van der Waals surface area contributed by atoms with Gasteiger partial charge in [-0.3, -0.25) is 39.4 Å². The first-order valence-corrected chi connectivity index (χ1v) is 9.38. The van der Waals surface area contributed by atoms with Crippen LogP contribution in [0, 0.1) is 0 Å². The molecule has 1 aliphatic heterocycles. The molecule has 1 aliphatic rings. The summed E-state index contributed by atoms with van der Waals surface area (Å²) in [6.45, 7) is 6.32. The molecular weight excluding hydrogens is 432 g/mol. The van der Waals surface area contributed by atoms with E-state index in [0.29, 0.717) is 5.01 Å². The number of nitrogens with one attached hydrogen (secondary N) is 2. The zero-order valence-electron chi connectivity index (χ0n) is 18.5. The molecule has 32 heavy (non-hydrogen) atoms. The van der Waals surface area contributed by atoms with Crippen LogP contribution in [0.4, 0.5) is 0 Å². The monoisotopic (exact) mass is 458 g/mol. The fourth-order valence-electron chi connectivity index (χ4n) is 2.76. The van der Waals surface area contributed by atoms with E-state index in [1.807, 2.05) is 0 Å². The van der Waals surface area contributed by atoms with Crippen molar-refractivity contribution in [1.82, 2.24) is 15.6 Å². The smallest absolute Gasteiger partial charge is 0.303 e. The van der Waals surface area contributed by atoms with E-state index in [9.17, 15) is 28.8 Å². The molecule has 0 radical (unpaired) electrons. The summed E-state index contributed by atoms with van der Waals surface area (Å²) in [6, 6.07) is 0. The third-order valence-electron chi connectivity index (χ3n) is 3.68. The van der Waals surface area contributed by atoms with Crippen LogP contribution in [-0.2, 0) is 47.7 Å². The lowest BCUT2D eigenvalue weighted by Gasteiger charge is -2.42. The highest BCUT2D eigenvalue weighted by Crippen LogP contribution is 2.27. The second-order valence-electron chi connectivity index (χ2n) is 6.69. The fraction of sp³-hybridized carbons (Fsp3) is 0.611. The predicted molar refractivity (Wildman–Crippen MR) is 104 cm³/mol. The van der Waals surface area contributed by atoms with Crippen molar-refractivity contribution in [2.45, 2.75) is 66.1 Å². The molecule has 0 aromatic carbocycles. The van der Waals surface area contributed by atoms with E-state index < -0.39 is 66.1 Å². The van der Waals surface area contributed by atoms with Gasteiger partial charge in [-0.1, -0.05) is 0 Å². The van der Waals surface area contributed by atoms with Crippen LogP contribution in [0.2, 0.25) is 0 Å². The van der Waals surface area contributed by atoms with Crippen LogP contribution in [-0.4, -0.2) is 77.7 Å². The van der Waals surface area contributed by atoms with Gasteiger partial charge in [0.05, 0.1) is 6.61 Å². The molecule has 1 rings (SSSR count). The number of amides is 3. The maximum absolute atomic E-state index is 12.3. The Morgan fingerprint density at radius 2 is 1.25 bits per heavy atom. The summed E-state index contributed by atoms with van der Waals surface area (Å²) >= 11 is 0. The Balaban J connectivity index is 3.46. The first kappa shape index (κ1) is 26.5. The van der Waals surface area contributed by atoms with Crippen LogP contribution < -0.4 is 10.6 Å². The zero-order valence-corrected chi connectivity index (χ0v) is 18.5. The predicted octanol–water partition coefficient (Wildman–Crippen LogP) is -1.47.